The van der Waals surface area contributed by atoms with Gasteiger partial charge < -0.3 is 29.2 Å². The Morgan fingerprint density at radius 3 is 2.06 bits per heavy atom. The molecule has 1 aliphatic heterocycles. The highest BCUT2D eigenvalue weighted by Gasteiger charge is 2.34. The van der Waals surface area contributed by atoms with Crippen LogP contribution in [0.4, 0.5) is 29.1 Å². The van der Waals surface area contributed by atoms with Gasteiger partial charge in [0.2, 0.25) is 5.92 Å². The molecule has 1 amide bonds. The summed E-state index contributed by atoms with van der Waals surface area (Å²) in [6.07, 6.45) is -2.64. The van der Waals surface area contributed by atoms with Crippen molar-refractivity contribution in [2.45, 2.75) is 49.7 Å². The van der Waals surface area contributed by atoms with Gasteiger partial charge in [0.05, 0.1) is 34.0 Å². The van der Waals surface area contributed by atoms with E-state index in [0.717, 1.165) is 22.5 Å². The maximum atomic E-state index is 14.4. The molecule has 0 saturated carbocycles. The molecule has 1 N–H and O–H groups in total. The van der Waals surface area contributed by atoms with E-state index in [9.17, 15) is 30.8 Å². The monoisotopic (exact) mass is 761 g/mol. The van der Waals surface area contributed by atoms with Gasteiger partial charge in [0, 0.05) is 80.2 Å². The van der Waals surface area contributed by atoms with Crippen LogP contribution in [0.3, 0.4) is 0 Å². The highest BCUT2D eigenvalue weighted by molar-refractivity contribution is 7.89. The molecule has 3 heterocycles. The Hall–Kier alpha value is -5.16. The number of rotatable bonds is 14. The van der Waals surface area contributed by atoms with Crippen molar-refractivity contribution in [2.75, 3.05) is 51.7 Å². The summed E-state index contributed by atoms with van der Waals surface area (Å²) in [6.45, 7) is -0.494. The summed E-state index contributed by atoms with van der Waals surface area (Å²) >= 11 is 0. The predicted molar refractivity (Wildman–Crippen MR) is 188 cm³/mol. The third-order valence-corrected chi connectivity index (χ3v) is 10.4. The minimum Gasteiger partial charge on any atom is -0.497 e. The number of alkyl halides is 4. The second kappa shape index (κ2) is 16.7. The van der Waals surface area contributed by atoms with Crippen LogP contribution in [-0.2, 0) is 23.1 Å². The molecule has 0 aliphatic carbocycles. The smallest absolute Gasteiger partial charge is 0.280 e. The Kier molecular flexibility index (Phi) is 12.3. The number of pyridine rings is 2. The van der Waals surface area contributed by atoms with Crippen LogP contribution in [-0.4, -0.2) is 76.0 Å². The zero-order chi connectivity index (χ0) is 38.3. The predicted octanol–water partition coefficient (Wildman–Crippen LogP) is 6.72. The molecule has 0 bridgehead atoms. The first-order valence-corrected chi connectivity index (χ1v) is 17.8. The SMILES string of the molecule is COc1ccc(CN(Cc2ccc(OC)cc2OC)S(=O)(=O)c2cc(NC(=O)c3ccc(C(F)F)nc3N3CCCC(F)(F)CC3)ccn2)c(OC)c1. The number of anilines is 2. The summed E-state index contributed by atoms with van der Waals surface area (Å²) in [5, 5.41) is 2.18. The van der Waals surface area contributed by atoms with Gasteiger partial charge in [-0.25, -0.2) is 35.9 Å². The molecule has 284 valence electrons. The number of carbonyl (C=O) groups excluding carboxylic acids is 1. The zero-order valence-corrected chi connectivity index (χ0v) is 30.3. The Morgan fingerprint density at radius 1 is 0.868 bits per heavy atom. The number of nitrogens with zero attached hydrogens (tertiary/aromatic N) is 4. The first kappa shape index (κ1) is 39.1. The molecule has 2 aromatic heterocycles. The minimum atomic E-state index is -4.43. The van der Waals surface area contributed by atoms with Crippen LogP contribution >= 0.6 is 0 Å². The maximum absolute atomic E-state index is 14.4. The fraction of sp³-hybridized carbons (Fsp3) is 0.361. The molecule has 1 saturated heterocycles. The molecule has 1 fully saturated rings. The van der Waals surface area contributed by atoms with Crippen molar-refractivity contribution < 1.29 is 49.7 Å². The fourth-order valence-electron chi connectivity index (χ4n) is 5.81. The number of hydrogen-bond donors (Lipinski definition) is 1. The van der Waals surface area contributed by atoms with Gasteiger partial charge in [-0.1, -0.05) is 12.1 Å². The summed E-state index contributed by atoms with van der Waals surface area (Å²) in [7, 11) is 1.44. The van der Waals surface area contributed by atoms with Crippen molar-refractivity contribution in [1.29, 1.82) is 0 Å². The number of nitrogens with one attached hydrogen (secondary N) is 1. The lowest BCUT2D eigenvalue weighted by molar-refractivity contribution is -0.0102. The second-order valence-corrected chi connectivity index (χ2v) is 14.0. The number of hydrogen-bond acceptors (Lipinski definition) is 10. The lowest BCUT2D eigenvalue weighted by Crippen LogP contribution is -2.31. The molecule has 2 aromatic carbocycles. The Bertz CT molecular complexity index is 1980. The molecule has 4 aromatic rings. The number of ether oxygens (including phenoxy) is 4. The number of benzene rings is 2. The van der Waals surface area contributed by atoms with Crippen molar-refractivity contribution in [3.63, 3.8) is 0 Å². The number of aromatic nitrogens is 2. The van der Waals surface area contributed by atoms with E-state index in [0.29, 0.717) is 34.1 Å². The molecule has 0 unspecified atom stereocenters. The first-order valence-electron chi connectivity index (χ1n) is 16.4. The van der Waals surface area contributed by atoms with Crippen LogP contribution in [0.5, 0.6) is 23.0 Å². The van der Waals surface area contributed by atoms with Gasteiger partial charge in [0.15, 0.2) is 5.03 Å². The number of carbonyl (C=O) groups is 1. The largest absolute Gasteiger partial charge is 0.497 e. The molecule has 0 atom stereocenters. The van der Waals surface area contributed by atoms with Gasteiger partial charge >= 0.3 is 0 Å². The molecule has 12 nitrogen and oxygen atoms in total. The van der Waals surface area contributed by atoms with Gasteiger partial charge in [-0.05, 0) is 36.8 Å². The van der Waals surface area contributed by atoms with Gasteiger partial charge in [-0.3, -0.25) is 4.79 Å². The van der Waals surface area contributed by atoms with E-state index in [4.69, 9.17) is 18.9 Å². The summed E-state index contributed by atoms with van der Waals surface area (Å²) in [6, 6.07) is 14.6. The van der Waals surface area contributed by atoms with Crippen LogP contribution in [0.15, 0.2) is 71.9 Å². The summed E-state index contributed by atoms with van der Waals surface area (Å²) in [5.41, 5.74) is 0.256. The van der Waals surface area contributed by atoms with Crippen molar-refractivity contribution >= 4 is 27.4 Å². The average molecular weight is 762 g/mol. The Morgan fingerprint density at radius 2 is 1.49 bits per heavy atom. The van der Waals surface area contributed by atoms with E-state index >= 15 is 0 Å². The van der Waals surface area contributed by atoms with Crippen LogP contribution in [0.2, 0.25) is 0 Å². The Labute approximate surface area is 304 Å². The summed E-state index contributed by atoms with van der Waals surface area (Å²) in [5.74, 6) is -2.20. The van der Waals surface area contributed by atoms with Gasteiger partial charge in [0.1, 0.15) is 34.5 Å². The van der Waals surface area contributed by atoms with E-state index in [1.54, 1.807) is 36.4 Å². The van der Waals surface area contributed by atoms with E-state index in [1.165, 1.54) is 45.6 Å². The molecule has 53 heavy (non-hydrogen) atoms. The normalized spacial score (nSPS) is 14.5. The molecule has 0 radical (unpaired) electrons. The van der Waals surface area contributed by atoms with E-state index in [-0.39, 0.29) is 56.1 Å². The summed E-state index contributed by atoms with van der Waals surface area (Å²) < 4.78 is 107. The number of halogens is 4. The lowest BCUT2D eigenvalue weighted by atomic mass is 10.1. The van der Waals surface area contributed by atoms with Gasteiger partial charge in [-0.15, -0.1) is 0 Å². The van der Waals surface area contributed by atoms with Gasteiger partial charge in [0.25, 0.3) is 22.4 Å². The average Bonchev–Trinajstić information content (AvgIpc) is 3.34. The van der Waals surface area contributed by atoms with Crippen molar-refractivity contribution in [2.24, 2.45) is 0 Å². The topological polar surface area (TPSA) is 132 Å². The molecular weight excluding hydrogens is 722 g/mol. The van der Waals surface area contributed by atoms with Crippen LogP contribution in [0.1, 0.15) is 52.9 Å². The van der Waals surface area contributed by atoms with Crippen LogP contribution < -0.4 is 29.2 Å². The molecule has 17 heteroatoms. The highest BCUT2D eigenvalue weighted by Crippen LogP contribution is 2.34. The number of sulfonamides is 1. The van der Waals surface area contributed by atoms with Crippen LogP contribution in [0.25, 0.3) is 0 Å². The molecule has 0 spiro atoms. The third-order valence-electron chi connectivity index (χ3n) is 8.66. The molecular formula is C36H39F4N5O7S. The standard InChI is InChI=1S/C36H39F4N5O7S/c1-49-26-8-6-23(30(19-26)51-3)21-45(22-24-7-9-27(50-2)20-31(24)52-4)53(47,48)32-18-25(12-15-41-32)42-35(46)28-10-11-29(33(37)38)43-34(28)44-16-5-13-36(39,40)14-17-44/h6-12,15,18-20,33H,5,13-14,16-17,21-22H2,1-4H3,(H,41,42,46). The minimum absolute atomic E-state index is 0.0128. The number of amides is 1. The first-order chi connectivity index (χ1) is 25.3. The maximum Gasteiger partial charge on any atom is 0.280 e. The molecule has 1 aliphatic rings. The zero-order valence-electron chi connectivity index (χ0n) is 29.4. The highest BCUT2D eigenvalue weighted by atomic mass is 32.2. The quantitative estimate of drug-likeness (QED) is 0.138. The van der Waals surface area contributed by atoms with Crippen LogP contribution in [0, 0.1) is 0 Å². The second-order valence-electron chi connectivity index (χ2n) is 12.1. The van der Waals surface area contributed by atoms with E-state index in [1.807, 2.05) is 0 Å². The molecule has 5 rings (SSSR count). The van der Waals surface area contributed by atoms with E-state index in [2.05, 4.69) is 15.3 Å². The Balaban J connectivity index is 1.49. The van der Waals surface area contributed by atoms with Crippen molar-refractivity contribution in [3.05, 3.63) is 89.2 Å². The third kappa shape index (κ3) is 9.26. The van der Waals surface area contributed by atoms with Gasteiger partial charge in [-0.2, -0.15) is 4.31 Å². The number of methoxy groups -OCH3 is 4. The van der Waals surface area contributed by atoms with Crippen molar-refractivity contribution in [1.82, 2.24) is 14.3 Å². The lowest BCUT2D eigenvalue weighted by Gasteiger charge is -2.25. The van der Waals surface area contributed by atoms with E-state index < -0.39 is 45.4 Å². The van der Waals surface area contributed by atoms with Crippen molar-refractivity contribution in [3.8, 4) is 23.0 Å². The summed E-state index contributed by atoms with van der Waals surface area (Å²) in [4.78, 5) is 23.1. The fourth-order valence-corrected chi connectivity index (χ4v) is 7.16.